The molecule has 0 radical (unpaired) electrons. The predicted molar refractivity (Wildman–Crippen MR) is 135 cm³/mol. The van der Waals surface area contributed by atoms with Crippen molar-refractivity contribution in [3.63, 3.8) is 0 Å². The molecule has 0 spiro atoms. The SMILES string of the molecule is Cc1ccccc1CN(C(=O)CN(c1ccc(F)c(Cl)c1)S(C)(=O)=O)[C@@H](C)C(=O)NC1CCCC1. The van der Waals surface area contributed by atoms with Crippen LogP contribution in [0.2, 0.25) is 5.02 Å². The standard InChI is InChI=1S/C25H31ClFN3O4S/c1-17-8-4-5-9-19(17)15-29(18(2)25(32)28-20-10-6-7-11-20)24(31)16-30(35(3,33)34)21-12-13-23(27)22(26)14-21/h4-5,8-9,12-14,18,20H,6-7,10-11,15-16H2,1-3H3,(H,28,32)/t18-/m0/s1. The molecular formula is C25H31ClFN3O4S. The third kappa shape index (κ3) is 6.95. The lowest BCUT2D eigenvalue weighted by Crippen LogP contribution is -2.52. The van der Waals surface area contributed by atoms with Gasteiger partial charge in [0.2, 0.25) is 21.8 Å². The number of amides is 2. The van der Waals surface area contributed by atoms with Gasteiger partial charge in [-0.25, -0.2) is 12.8 Å². The minimum atomic E-state index is -3.92. The fourth-order valence-electron chi connectivity index (χ4n) is 4.20. The van der Waals surface area contributed by atoms with Crippen LogP contribution in [-0.4, -0.2) is 50.0 Å². The normalized spacial score (nSPS) is 15.0. The first-order valence-corrected chi connectivity index (χ1v) is 13.8. The molecule has 10 heteroatoms. The van der Waals surface area contributed by atoms with Gasteiger partial charge in [0.15, 0.2) is 0 Å². The van der Waals surface area contributed by atoms with Crippen LogP contribution < -0.4 is 9.62 Å². The van der Waals surface area contributed by atoms with Crippen molar-refractivity contribution in [3.8, 4) is 0 Å². The highest BCUT2D eigenvalue weighted by Gasteiger charge is 2.31. The Labute approximate surface area is 211 Å². The number of rotatable bonds is 9. The van der Waals surface area contributed by atoms with E-state index in [1.54, 1.807) is 6.92 Å². The lowest BCUT2D eigenvalue weighted by atomic mass is 10.1. The average molecular weight is 524 g/mol. The Bertz CT molecular complexity index is 1180. The first-order chi connectivity index (χ1) is 16.5. The molecule has 1 fully saturated rings. The van der Waals surface area contributed by atoms with Gasteiger partial charge in [-0.2, -0.15) is 0 Å². The van der Waals surface area contributed by atoms with Crippen molar-refractivity contribution in [3.05, 3.63) is 64.4 Å². The van der Waals surface area contributed by atoms with Crippen molar-refractivity contribution < 1.29 is 22.4 Å². The van der Waals surface area contributed by atoms with Crippen LogP contribution in [-0.2, 0) is 26.2 Å². The number of nitrogens with zero attached hydrogens (tertiary/aromatic N) is 2. The lowest BCUT2D eigenvalue weighted by molar-refractivity contribution is -0.139. The van der Waals surface area contributed by atoms with Crippen LogP contribution in [0.25, 0.3) is 0 Å². The molecule has 7 nitrogen and oxygen atoms in total. The zero-order valence-corrected chi connectivity index (χ0v) is 21.7. The summed E-state index contributed by atoms with van der Waals surface area (Å²) in [6.07, 6.45) is 4.86. The van der Waals surface area contributed by atoms with Gasteiger partial charge in [0.05, 0.1) is 17.0 Å². The fraction of sp³-hybridized carbons (Fsp3) is 0.440. The van der Waals surface area contributed by atoms with Gasteiger partial charge in [0.25, 0.3) is 0 Å². The second kappa shape index (κ2) is 11.4. The molecule has 1 aliphatic rings. The van der Waals surface area contributed by atoms with E-state index in [0.29, 0.717) is 0 Å². The minimum Gasteiger partial charge on any atom is -0.352 e. The van der Waals surface area contributed by atoms with Crippen LogP contribution in [0, 0.1) is 12.7 Å². The number of halogens is 2. The number of sulfonamides is 1. The minimum absolute atomic E-state index is 0.0613. The van der Waals surface area contributed by atoms with E-state index in [9.17, 15) is 22.4 Å². The number of hydrogen-bond acceptors (Lipinski definition) is 4. The Morgan fingerprint density at radius 2 is 1.83 bits per heavy atom. The molecule has 1 atom stereocenters. The van der Waals surface area contributed by atoms with Crippen LogP contribution >= 0.6 is 11.6 Å². The second-order valence-corrected chi connectivity index (χ2v) is 11.3. The van der Waals surface area contributed by atoms with Gasteiger partial charge in [-0.3, -0.25) is 13.9 Å². The maximum atomic E-state index is 13.7. The van der Waals surface area contributed by atoms with E-state index < -0.39 is 34.3 Å². The third-order valence-corrected chi connectivity index (χ3v) is 7.77. The van der Waals surface area contributed by atoms with Gasteiger partial charge in [-0.1, -0.05) is 48.7 Å². The van der Waals surface area contributed by atoms with Crippen LogP contribution in [0.3, 0.4) is 0 Å². The summed E-state index contributed by atoms with van der Waals surface area (Å²) < 4.78 is 39.7. The number of benzene rings is 2. The smallest absolute Gasteiger partial charge is 0.244 e. The molecule has 3 rings (SSSR count). The predicted octanol–water partition coefficient (Wildman–Crippen LogP) is 4.03. The number of aryl methyl sites for hydroxylation is 1. The monoisotopic (exact) mass is 523 g/mol. The first-order valence-electron chi connectivity index (χ1n) is 11.5. The van der Waals surface area contributed by atoms with Gasteiger partial charge >= 0.3 is 0 Å². The van der Waals surface area contributed by atoms with E-state index in [1.165, 1.54) is 11.0 Å². The maximum absolute atomic E-state index is 13.7. The maximum Gasteiger partial charge on any atom is 0.244 e. The molecule has 0 bridgehead atoms. The van der Waals surface area contributed by atoms with Crippen LogP contribution in [0.1, 0.15) is 43.7 Å². The molecular weight excluding hydrogens is 493 g/mol. The number of hydrogen-bond donors (Lipinski definition) is 1. The molecule has 190 valence electrons. The van der Waals surface area contributed by atoms with Gasteiger partial charge in [0, 0.05) is 12.6 Å². The van der Waals surface area contributed by atoms with E-state index in [-0.39, 0.29) is 29.2 Å². The van der Waals surface area contributed by atoms with Gasteiger partial charge < -0.3 is 10.2 Å². The zero-order chi connectivity index (χ0) is 25.8. The Morgan fingerprint density at radius 3 is 2.43 bits per heavy atom. The number of anilines is 1. The fourth-order valence-corrected chi connectivity index (χ4v) is 5.22. The van der Waals surface area contributed by atoms with Crippen molar-refractivity contribution in [1.29, 1.82) is 0 Å². The molecule has 0 saturated heterocycles. The van der Waals surface area contributed by atoms with Crippen molar-refractivity contribution in [2.24, 2.45) is 0 Å². The third-order valence-electron chi connectivity index (χ3n) is 6.34. The van der Waals surface area contributed by atoms with E-state index in [1.807, 2.05) is 31.2 Å². The first kappa shape index (κ1) is 26.9. The number of carbonyl (C=O) groups excluding carboxylic acids is 2. The summed E-state index contributed by atoms with van der Waals surface area (Å²) in [4.78, 5) is 28.0. The quantitative estimate of drug-likeness (QED) is 0.537. The van der Waals surface area contributed by atoms with Gasteiger partial charge in [0.1, 0.15) is 18.4 Å². The van der Waals surface area contributed by atoms with Crippen LogP contribution in [0.15, 0.2) is 42.5 Å². The Hall–Kier alpha value is -2.65. The summed E-state index contributed by atoms with van der Waals surface area (Å²) in [6, 6.07) is 10.2. The van der Waals surface area contributed by atoms with Crippen LogP contribution in [0.5, 0.6) is 0 Å². The molecule has 1 saturated carbocycles. The van der Waals surface area contributed by atoms with E-state index in [0.717, 1.165) is 59.5 Å². The highest BCUT2D eigenvalue weighted by Crippen LogP contribution is 2.25. The Kier molecular flexibility index (Phi) is 8.77. The van der Waals surface area contributed by atoms with Crippen molar-refractivity contribution >= 4 is 39.1 Å². The largest absolute Gasteiger partial charge is 0.352 e. The molecule has 0 unspecified atom stereocenters. The van der Waals surface area contributed by atoms with Crippen LogP contribution in [0.4, 0.5) is 10.1 Å². The Morgan fingerprint density at radius 1 is 1.17 bits per heavy atom. The van der Waals surface area contributed by atoms with Gasteiger partial charge in [-0.05, 0) is 56.0 Å². The molecule has 2 aromatic rings. The molecule has 2 amide bonds. The molecule has 35 heavy (non-hydrogen) atoms. The summed E-state index contributed by atoms with van der Waals surface area (Å²) in [5.41, 5.74) is 1.85. The van der Waals surface area contributed by atoms with Gasteiger partial charge in [-0.15, -0.1) is 0 Å². The van der Waals surface area contributed by atoms with E-state index in [2.05, 4.69) is 5.32 Å². The van der Waals surface area contributed by atoms with Crippen molar-refractivity contribution in [2.45, 2.75) is 58.2 Å². The topological polar surface area (TPSA) is 86.8 Å². The molecule has 1 N–H and O–H groups in total. The summed E-state index contributed by atoms with van der Waals surface area (Å²) in [7, 11) is -3.92. The molecule has 0 aliphatic heterocycles. The summed E-state index contributed by atoms with van der Waals surface area (Å²) >= 11 is 5.86. The average Bonchev–Trinajstić information content (AvgIpc) is 3.30. The summed E-state index contributed by atoms with van der Waals surface area (Å²) in [5, 5.41) is 2.76. The highest BCUT2D eigenvalue weighted by molar-refractivity contribution is 7.92. The number of carbonyl (C=O) groups is 2. The molecule has 1 aliphatic carbocycles. The van der Waals surface area contributed by atoms with Crippen molar-refractivity contribution in [2.75, 3.05) is 17.1 Å². The number of nitrogens with one attached hydrogen (secondary N) is 1. The molecule has 0 heterocycles. The molecule has 0 aromatic heterocycles. The summed E-state index contributed by atoms with van der Waals surface area (Å²) in [6.45, 7) is 3.12. The Balaban J connectivity index is 1.90. The van der Waals surface area contributed by atoms with E-state index in [4.69, 9.17) is 11.6 Å². The zero-order valence-electron chi connectivity index (χ0n) is 20.1. The van der Waals surface area contributed by atoms with E-state index >= 15 is 0 Å². The molecule has 2 aromatic carbocycles. The van der Waals surface area contributed by atoms with Crippen molar-refractivity contribution in [1.82, 2.24) is 10.2 Å². The second-order valence-electron chi connectivity index (χ2n) is 8.98. The summed E-state index contributed by atoms with van der Waals surface area (Å²) in [5.74, 6) is -1.55. The lowest BCUT2D eigenvalue weighted by Gasteiger charge is -2.32. The highest BCUT2D eigenvalue weighted by atomic mass is 35.5.